The Morgan fingerprint density at radius 2 is 2.35 bits per heavy atom. The molecule has 3 rings (SSSR count). The summed E-state index contributed by atoms with van der Waals surface area (Å²) >= 11 is 0. The number of amides is 2. The molecule has 8 heteroatoms. The summed E-state index contributed by atoms with van der Waals surface area (Å²) in [5, 5.41) is 9.36. The van der Waals surface area contributed by atoms with Gasteiger partial charge in [-0.1, -0.05) is 6.92 Å². The first-order valence-electron chi connectivity index (χ1n) is 7.68. The Kier molecular flexibility index (Phi) is 4.14. The van der Waals surface area contributed by atoms with Crippen LogP contribution in [-0.2, 0) is 9.59 Å². The van der Waals surface area contributed by atoms with Gasteiger partial charge in [-0.3, -0.25) is 20.0 Å². The summed E-state index contributed by atoms with van der Waals surface area (Å²) in [6.07, 6.45) is 1.85. The van der Waals surface area contributed by atoms with Crippen LogP contribution in [0.3, 0.4) is 0 Å². The lowest BCUT2D eigenvalue weighted by atomic mass is 10.2. The van der Waals surface area contributed by atoms with Crippen molar-refractivity contribution in [2.24, 2.45) is 0 Å². The highest BCUT2D eigenvalue weighted by Gasteiger charge is 2.32. The van der Waals surface area contributed by atoms with Crippen LogP contribution in [0, 0.1) is 6.92 Å². The van der Waals surface area contributed by atoms with Gasteiger partial charge in [0.25, 0.3) is 0 Å². The Balaban J connectivity index is 1.70. The van der Waals surface area contributed by atoms with Gasteiger partial charge in [-0.25, -0.2) is 0 Å². The molecule has 122 valence electrons. The monoisotopic (exact) mass is 317 g/mol. The van der Waals surface area contributed by atoms with Crippen molar-refractivity contribution < 1.29 is 14.0 Å². The summed E-state index contributed by atoms with van der Waals surface area (Å²) < 4.78 is 5.45. The average Bonchev–Trinajstić information content (AvgIpc) is 3.23. The quantitative estimate of drug-likeness (QED) is 0.873. The SMILES string of the molecule is CC[C@H](C(=O)Nc1n[nH]c(-c2ccc(C)o2)n1)N1CCCC1=O. The number of likely N-dealkylation sites (tertiary alicyclic amines) is 1. The smallest absolute Gasteiger partial charge is 0.249 e. The molecule has 8 nitrogen and oxygen atoms in total. The van der Waals surface area contributed by atoms with Crippen LogP contribution in [0.1, 0.15) is 31.9 Å². The van der Waals surface area contributed by atoms with Gasteiger partial charge in [-0.15, -0.1) is 5.10 Å². The van der Waals surface area contributed by atoms with Crippen LogP contribution in [0.4, 0.5) is 5.95 Å². The van der Waals surface area contributed by atoms with E-state index in [1.54, 1.807) is 11.0 Å². The zero-order valence-corrected chi connectivity index (χ0v) is 13.1. The highest BCUT2D eigenvalue weighted by molar-refractivity contribution is 5.96. The first-order valence-corrected chi connectivity index (χ1v) is 7.68. The second-order valence-electron chi connectivity index (χ2n) is 5.52. The van der Waals surface area contributed by atoms with Crippen LogP contribution in [0.25, 0.3) is 11.6 Å². The first-order chi connectivity index (χ1) is 11.1. The number of aromatic amines is 1. The molecule has 0 unspecified atom stereocenters. The number of nitrogens with one attached hydrogen (secondary N) is 2. The number of carbonyl (C=O) groups excluding carboxylic acids is 2. The lowest BCUT2D eigenvalue weighted by molar-refractivity contribution is -0.135. The first kappa shape index (κ1) is 15.3. The van der Waals surface area contributed by atoms with Crippen LogP contribution >= 0.6 is 0 Å². The van der Waals surface area contributed by atoms with E-state index < -0.39 is 6.04 Å². The van der Waals surface area contributed by atoms with E-state index in [1.807, 2.05) is 19.9 Å². The zero-order chi connectivity index (χ0) is 16.4. The summed E-state index contributed by atoms with van der Waals surface area (Å²) in [7, 11) is 0. The predicted octanol–water partition coefficient (Wildman–Crippen LogP) is 1.71. The maximum atomic E-state index is 12.4. The van der Waals surface area contributed by atoms with E-state index in [9.17, 15) is 9.59 Å². The molecule has 0 radical (unpaired) electrons. The summed E-state index contributed by atoms with van der Waals surface area (Å²) in [5.74, 6) is 1.68. The molecule has 2 aromatic rings. The molecule has 1 fully saturated rings. The van der Waals surface area contributed by atoms with Crippen molar-refractivity contribution in [2.75, 3.05) is 11.9 Å². The number of aryl methyl sites for hydroxylation is 1. The molecule has 1 aliphatic rings. The molecule has 0 aromatic carbocycles. The maximum Gasteiger partial charge on any atom is 0.249 e. The Bertz CT molecular complexity index is 720. The number of furan rings is 1. The molecule has 0 saturated carbocycles. The fraction of sp³-hybridized carbons (Fsp3) is 0.467. The molecule has 2 amide bonds. The normalized spacial score (nSPS) is 15.9. The third kappa shape index (κ3) is 3.10. The maximum absolute atomic E-state index is 12.4. The molecule has 1 atom stereocenters. The number of hydrogen-bond acceptors (Lipinski definition) is 5. The topological polar surface area (TPSA) is 104 Å². The molecule has 3 heterocycles. The number of anilines is 1. The van der Waals surface area contributed by atoms with Crippen molar-refractivity contribution in [3.63, 3.8) is 0 Å². The third-order valence-corrected chi connectivity index (χ3v) is 3.87. The van der Waals surface area contributed by atoms with Crippen molar-refractivity contribution in [2.45, 2.75) is 39.2 Å². The largest absolute Gasteiger partial charge is 0.458 e. The zero-order valence-electron chi connectivity index (χ0n) is 13.1. The van der Waals surface area contributed by atoms with Crippen molar-refractivity contribution in [3.8, 4) is 11.6 Å². The standard InChI is InChI=1S/C15H19N5O3/c1-3-10(20-8-4-5-12(20)21)14(22)17-15-16-13(18-19-15)11-7-6-9(2)23-11/h6-7,10H,3-5,8H2,1-2H3,(H2,16,17,18,19,22)/t10-/m1/s1. The predicted molar refractivity (Wildman–Crippen MR) is 82.5 cm³/mol. The van der Waals surface area contributed by atoms with Crippen LogP contribution in [-0.4, -0.2) is 44.5 Å². The average molecular weight is 317 g/mol. The molecule has 2 aromatic heterocycles. The van der Waals surface area contributed by atoms with Gasteiger partial charge in [0.1, 0.15) is 11.8 Å². The van der Waals surface area contributed by atoms with Crippen molar-refractivity contribution in [1.29, 1.82) is 0 Å². The number of carbonyl (C=O) groups is 2. The number of hydrogen-bond donors (Lipinski definition) is 2. The van der Waals surface area contributed by atoms with Gasteiger partial charge < -0.3 is 9.32 Å². The summed E-state index contributed by atoms with van der Waals surface area (Å²) in [5.41, 5.74) is 0. The Labute approximate surface area is 133 Å². The van der Waals surface area contributed by atoms with E-state index in [4.69, 9.17) is 4.42 Å². The minimum absolute atomic E-state index is 0.0220. The number of nitrogens with zero attached hydrogens (tertiary/aromatic N) is 3. The molecular weight excluding hydrogens is 298 g/mol. The van der Waals surface area contributed by atoms with Crippen LogP contribution in [0.15, 0.2) is 16.5 Å². The lowest BCUT2D eigenvalue weighted by Crippen LogP contribution is -2.44. The molecular formula is C15H19N5O3. The van der Waals surface area contributed by atoms with Crippen LogP contribution < -0.4 is 5.32 Å². The highest BCUT2D eigenvalue weighted by atomic mass is 16.3. The van der Waals surface area contributed by atoms with Gasteiger partial charge in [0, 0.05) is 13.0 Å². The van der Waals surface area contributed by atoms with Crippen LogP contribution in [0.2, 0.25) is 0 Å². The third-order valence-electron chi connectivity index (χ3n) is 3.87. The van der Waals surface area contributed by atoms with Gasteiger partial charge in [0.15, 0.2) is 11.6 Å². The summed E-state index contributed by atoms with van der Waals surface area (Å²) in [6.45, 7) is 4.34. The molecule has 1 aliphatic heterocycles. The van der Waals surface area contributed by atoms with Gasteiger partial charge in [0.2, 0.25) is 17.8 Å². The second kappa shape index (κ2) is 6.23. The molecule has 23 heavy (non-hydrogen) atoms. The minimum atomic E-state index is -0.488. The second-order valence-corrected chi connectivity index (χ2v) is 5.52. The Morgan fingerprint density at radius 3 is 2.96 bits per heavy atom. The van der Waals surface area contributed by atoms with E-state index in [-0.39, 0.29) is 17.8 Å². The lowest BCUT2D eigenvalue weighted by Gasteiger charge is -2.25. The fourth-order valence-corrected chi connectivity index (χ4v) is 2.73. The van der Waals surface area contributed by atoms with Crippen molar-refractivity contribution >= 4 is 17.8 Å². The van der Waals surface area contributed by atoms with Crippen LogP contribution in [0.5, 0.6) is 0 Å². The van der Waals surface area contributed by atoms with Gasteiger partial charge in [0.05, 0.1) is 0 Å². The van der Waals surface area contributed by atoms with Gasteiger partial charge in [-0.2, -0.15) is 4.98 Å². The van der Waals surface area contributed by atoms with Gasteiger partial charge in [-0.05, 0) is 31.9 Å². The van der Waals surface area contributed by atoms with E-state index in [2.05, 4.69) is 20.5 Å². The van der Waals surface area contributed by atoms with E-state index >= 15 is 0 Å². The number of rotatable bonds is 5. The summed E-state index contributed by atoms with van der Waals surface area (Å²) in [4.78, 5) is 30.0. The molecule has 2 N–H and O–H groups in total. The summed E-state index contributed by atoms with van der Waals surface area (Å²) in [6, 6.07) is 3.11. The van der Waals surface area contributed by atoms with E-state index in [0.29, 0.717) is 31.0 Å². The van der Waals surface area contributed by atoms with Crippen molar-refractivity contribution in [1.82, 2.24) is 20.1 Å². The number of aromatic nitrogens is 3. The number of H-pyrrole nitrogens is 1. The molecule has 0 spiro atoms. The minimum Gasteiger partial charge on any atom is -0.458 e. The molecule has 1 saturated heterocycles. The Hall–Kier alpha value is -2.64. The fourth-order valence-electron chi connectivity index (χ4n) is 2.73. The van der Waals surface area contributed by atoms with Gasteiger partial charge >= 0.3 is 0 Å². The highest BCUT2D eigenvalue weighted by Crippen LogP contribution is 2.20. The Morgan fingerprint density at radius 1 is 1.52 bits per heavy atom. The molecule has 0 aliphatic carbocycles. The van der Waals surface area contributed by atoms with Crippen molar-refractivity contribution in [3.05, 3.63) is 17.9 Å². The van der Waals surface area contributed by atoms with E-state index in [0.717, 1.165) is 12.2 Å². The molecule has 0 bridgehead atoms. The van der Waals surface area contributed by atoms with E-state index in [1.165, 1.54) is 0 Å².